The third-order valence-electron chi connectivity index (χ3n) is 2.95. The van der Waals surface area contributed by atoms with Gasteiger partial charge >= 0.3 is 0 Å². The van der Waals surface area contributed by atoms with Crippen LogP contribution in [0.1, 0.15) is 18.9 Å². The molecule has 8 heteroatoms. The Morgan fingerprint density at radius 3 is 3.00 bits per heavy atom. The highest BCUT2D eigenvalue weighted by molar-refractivity contribution is 9.10. The summed E-state index contributed by atoms with van der Waals surface area (Å²) in [5.41, 5.74) is 1.17. The molecule has 2 aromatic rings. The van der Waals surface area contributed by atoms with E-state index < -0.39 is 0 Å². The zero-order chi connectivity index (χ0) is 15.8. The normalized spacial score (nSPS) is 10.9. The van der Waals surface area contributed by atoms with Crippen molar-refractivity contribution in [3.8, 4) is 5.75 Å². The molecule has 0 aliphatic heterocycles. The van der Waals surface area contributed by atoms with Crippen molar-refractivity contribution in [1.29, 1.82) is 0 Å². The van der Waals surface area contributed by atoms with Crippen LogP contribution in [-0.2, 0) is 13.6 Å². The summed E-state index contributed by atoms with van der Waals surface area (Å²) in [6, 6.07) is 6.10. The average Bonchev–Trinajstić information content (AvgIpc) is 2.91. The molecule has 0 bridgehead atoms. The van der Waals surface area contributed by atoms with Crippen LogP contribution < -0.4 is 10.1 Å². The van der Waals surface area contributed by atoms with Crippen LogP contribution in [0.2, 0.25) is 0 Å². The van der Waals surface area contributed by atoms with E-state index >= 15 is 0 Å². The number of nitrogens with one attached hydrogen (secondary N) is 1. The summed E-state index contributed by atoms with van der Waals surface area (Å²) in [6.07, 6.45) is 1.05. The van der Waals surface area contributed by atoms with Crippen LogP contribution >= 0.6 is 27.7 Å². The Kier molecular flexibility index (Phi) is 7.14. The molecular weight excluding hydrogens is 366 g/mol. The Labute approximate surface area is 143 Å². The number of rotatable bonds is 9. The number of ether oxygens (including phenoxy) is 1. The van der Waals surface area contributed by atoms with Gasteiger partial charge < -0.3 is 10.1 Å². The van der Waals surface area contributed by atoms with Crippen LogP contribution in [0.5, 0.6) is 5.75 Å². The van der Waals surface area contributed by atoms with Gasteiger partial charge in [0.2, 0.25) is 5.16 Å². The lowest BCUT2D eigenvalue weighted by Gasteiger charge is -2.11. The second-order valence-electron chi connectivity index (χ2n) is 4.65. The molecule has 6 nitrogen and oxygen atoms in total. The fourth-order valence-electron chi connectivity index (χ4n) is 1.91. The second kappa shape index (κ2) is 9.12. The average molecular weight is 386 g/mol. The molecule has 0 unspecified atom stereocenters. The Morgan fingerprint density at radius 1 is 1.41 bits per heavy atom. The number of aryl methyl sites for hydroxylation is 1. The number of thioether (sulfide) groups is 1. The van der Waals surface area contributed by atoms with Gasteiger partial charge in [-0.25, -0.2) is 4.68 Å². The molecule has 22 heavy (non-hydrogen) atoms. The summed E-state index contributed by atoms with van der Waals surface area (Å²) >= 11 is 5.17. The monoisotopic (exact) mass is 385 g/mol. The Morgan fingerprint density at radius 2 is 2.27 bits per heavy atom. The quantitative estimate of drug-likeness (QED) is 0.528. The first-order valence-electron chi connectivity index (χ1n) is 7.17. The van der Waals surface area contributed by atoms with E-state index in [1.165, 1.54) is 5.56 Å². The second-order valence-corrected chi connectivity index (χ2v) is 6.63. The van der Waals surface area contributed by atoms with Gasteiger partial charge in [-0.1, -0.05) is 27.7 Å². The van der Waals surface area contributed by atoms with Crippen molar-refractivity contribution in [3.63, 3.8) is 0 Å². The van der Waals surface area contributed by atoms with E-state index in [9.17, 15) is 0 Å². The Balaban J connectivity index is 1.70. The van der Waals surface area contributed by atoms with Crippen LogP contribution in [0.15, 0.2) is 27.8 Å². The highest BCUT2D eigenvalue weighted by Crippen LogP contribution is 2.23. The highest BCUT2D eigenvalue weighted by atomic mass is 79.9. The lowest BCUT2D eigenvalue weighted by atomic mass is 10.2. The van der Waals surface area contributed by atoms with Gasteiger partial charge in [0.15, 0.2) is 0 Å². The van der Waals surface area contributed by atoms with Crippen molar-refractivity contribution < 1.29 is 4.74 Å². The van der Waals surface area contributed by atoms with Crippen LogP contribution in [0.4, 0.5) is 0 Å². The summed E-state index contributed by atoms with van der Waals surface area (Å²) < 4.78 is 8.40. The summed E-state index contributed by atoms with van der Waals surface area (Å²) in [6.45, 7) is 4.41. The SMILES string of the molecule is CCOc1ccc(Br)cc1CNCCCSc1nnnn1C. The van der Waals surface area contributed by atoms with Crippen molar-refractivity contribution in [2.45, 2.75) is 25.0 Å². The van der Waals surface area contributed by atoms with E-state index in [1.54, 1.807) is 16.4 Å². The maximum atomic E-state index is 5.64. The molecule has 1 aromatic heterocycles. The molecule has 0 radical (unpaired) electrons. The van der Waals surface area contributed by atoms with E-state index in [4.69, 9.17) is 4.74 Å². The predicted octanol–water partition coefficient (Wildman–Crippen LogP) is 2.64. The molecule has 1 heterocycles. The van der Waals surface area contributed by atoms with Gasteiger partial charge in [-0.3, -0.25) is 0 Å². The smallest absolute Gasteiger partial charge is 0.209 e. The predicted molar refractivity (Wildman–Crippen MR) is 91.2 cm³/mol. The van der Waals surface area contributed by atoms with E-state index in [2.05, 4.69) is 42.8 Å². The molecule has 0 atom stereocenters. The number of nitrogens with zero attached hydrogens (tertiary/aromatic N) is 4. The van der Waals surface area contributed by atoms with Crippen LogP contribution in [-0.4, -0.2) is 39.1 Å². The fourth-order valence-corrected chi connectivity index (χ4v) is 3.11. The van der Waals surface area contributed by atoms with Gasteiger partial charge in [0.1, 0.15) is 5.75 Å². The highest BCUT2D eigenvalue weighted by Gasteiger charge is 2.05. The molecule has 1 aromatic carbocycles. The Hall–Kier alpha value is -1.12. The lowest BCUT2D eigenvalue weighted by molar-refractivity contribution is 0.335. The topological polar surface area (TPSA) is 64.9 Å². The number of hydrogen-bond donors (Lipinski definition) is 1. The minimum absolute atomic E-state index is 0.678. The summed E-state index contributed by atoms with van der Waals surface area (Å²) in [5.74, 6) is 1.93. The summed E-state index contributed by atoms with van der Waals surface area (Å²) in [7, 11) is 1.85. The molecule has 0 amide bonds. The zero-order valence-electron chi connectivity index (χ0n) is 12.8. The van der Waals surface area contributed by atoms with Gasteiger partial charge in [0, 0.05) is 29.4 Å². The summed E-state index contributed by atoms with van der Waals surface area (Å²) in [5, 5.41) is 15.7. The largest absolute Gasteiger partial charge is 0.494 e. The van der Waals surface area contributed by atoms with Crippen molar-refractivity contribution in [3.05, 3.63) is 28.2 Å². The standard InChI is InChI=1S/C14H20BrN5OS/c1-3-21-13-6-5-12(15)9-11(13)10-16-7-4-8-22-14-17-18-19-20(14)2/h5-6,9,16H,3-4,7-8,10H2,1-2H3. The van der Waals surface area contributed by atoms with Gasteiger partial charge in [-0.2, -0.15) is 0 Å². The van der Waals surface area contributed by atoms with Crippen LogP contribution in [0, 0.1) is 0 Å². The fraction of sp³-hybridized carbons (Fsp3) is 0.500. The maximum Gasteiger partial charge on any atom is 0.209 e. The van der Waals surface area contributed by atoms with Gasteiger partial charge in [-0.15, -0.1) is 5.10 Å². The molecule has 0 saturated heterocycles. The summed E-state index contributed by atoms with van der Waals surface area (Å²) in [4.78, 5) is 0. The number of halogens is 1. The van der Waals surface area contributed by atoms with Gasteiger partial charge in [0.25, 0.3) is 0 Å². The Bertz CT molecular complexity index is 592. The molecular formula is C14H20BrN5OS. The number of benzene rings is 1. The van der Waals surface area contributed by atoms with E-state index in [1.807, 2.05) is 26.1 Å². The van der Waals surface area contributed by atoms with Crippen molar-refractivity contribution in [1.82, 2.24) is 25.5 Å². The van der Waals surface area contributed by atoms with Gasteiger partial charge in [-0.05, 0) is 48.5 Å². The van der Waals surface area contributed by atoms with Crippen LogP contribution in [0.25, 0.3) is 0 Å². The van der Waals surface area contributed by atoms with E-state index in [0.717, 1.165) is 40.6 Å². The molecule has 0 aliphatic carbocycles. The minimum atomic E-state index is 0.678. The number of tetrazole rings is 1. The molecule has 2 rings (SSSR count). The van der Waals surface area contributed by atoms with E-state index in [0.29, 0.717) is 6.61 Å². The zero-order valence-corrected chi connectivity index (χ0v) is 15.2. The van der Waals surface area contributed by atoms with E-state index in [-0.39, 0.29) is 0 Å². The van der Waals surface area contributed by atoms with Crippen molar-refractivity contribution in [2.24, 2.45) is 7.05 Å². The van der Waals surface area contributed by atoms with Gasteiger partial charge in [0.05, 0.1) is 6.61 Å². The first kappa shape index (κ1) is 17.2. The molecule has 120 valence electrons. The van der Waals surface area contributed by atoms with Crippen LogP contribution in [0.3, 0.4) is 0 Å². The number of hydrogen-bond acceptors (Lipinski definition) is 6. The maximum absolute atomic E-state index is 5.64. The minimum Gasteiger partial charge on any atom is -0.494 e. The first-order chi connectivity index (χ1) is 10.7. The number of aromatic nitrogens is 4. The molecule has 0 saturated carbocycles. The third kappa shape index (κ3) is 5.26. The third-order valence-corrected chi connectivity index (χ3v) is 4.54. The molecule has 1 N–H and O–H groups in total. The molecule has 0 aliphatic rings. The molecule has 0 fully saturated rings. The lowest BCUT2D eigenvalue weighted by Crippen LogP contribution is -2.16. The molecule has 0 spiro atoms. The van der Waals surface area contributed by atoms with Crippen molar-refractivity contribution in [2.75, 3.05) is 18.9 Å². The van der Waals surface area contributed by atoms with Crippen molar-refractivity contribution >= 4 is 27.7 Å². The first-order valence-corrected chi connectivity index (χ1v) is 8.95.